The Kier molecular flexibility index (Phi) is 4.95. The van der Waals surface area contributed by atoms with E-state index < -0.39 is 0 Å². The average molecular weight is 194 g/mol. The van der Waals surface area contributed by atoms with Gasteiger partial charge in [0.05, 0.1) is 6.10 Å². The Morgan fingerprint density at radius 3 is 2.93 bits per heavy atom. The molecule has 1 nitrogen and oxygen atoms in total. The maximum Gasteiger partial charge on any atom is 0.0677 e. The number of unbranched alkanes of at least 4 members (excludes halogenated alkanes) is 1. The number of hydrogen-bond donors (Lipinski definition) is 0. The predicted octanol–water partition coefficient (Wildman–Crippen LogP) is 3.57. The van der Waals surface area contributed by atoms with Crippen LogP contribution in [0.1, 0.15) is 33.1 Å². The zero-order valence-corrected chi connectivity index (χ0v) is 9.41. The van der Waals surface area contributed by atoms with Crippen LogP contribution >= 0.6 is 0 Å². The van der Waals surface area contributed by atoms with Gasteiger partial charge in [0.1, 0.15) is 0 Å². The summed E-state index contributed by atoms with van der Waals surface area (Å²) in [5, 5.41) is 0. The normalized spacial score (nSPS) is 31.7. The van der Waals surface area contributed by atoms with Gasteiger partial charge in [-0.2, -0.15) is 0 Å². The van der Waals surface area contributed by atoms with Gasteiger partial charge in [-0.1, -0.05) is 38.5 Å². The molecule has 0 fully saturated rings. The predicted molar refractivity (Wildman–Crippen MR) is 61.3 cm³/mol. The van der Waals surface area contributed by atoms with Crippen LogP contribution in [0.5, 0.6) is 0 Å². The fourth-order valence-electron chi connectivity index (χ4n) is 1.83. The Balaban J connectivity index is 2.40. The highest BCUT2D eigenvalue weighted by Crippen LogP contribution is 2.25. The van der Waals surface area contributed by atoms with E-state index in [9.17, 15) is 0 Å². The molecule has 0 bridgehead atoms. The Morgan fingerprint density at radius 2 is 2.29 bits per heavy atom. The molecule has 0 saturated heterocycles. The highest BCUT2D eigenvalue weighted by molar-refractivity contribution is 5.07. The summed E-state index contributed by atoms with van der Waals surface area (Å²) in [7, 11) is 0. The smallest absolute Gasteiger partial charge is 0.0677 e. The minimum absolute atomic E-state index is 0.360. The zero-order valence-electron chi connectivity index (χ0n) is 9.41. The molecule has 0 N–H and O–H groups in total. The quantitative estimate of drug-likeness (QED) is 0.480. The van der Waals surface area contributed by atoms with Crippen LogP contribution < -0.4 is 0 Å². The first-order valence-corrected chi connectivity index (χ1v) is 5.70. The van der Waals surface area contributed by atoms with Gasteiger partial charge in [0.15, 0.2) is 0 Å². The minimum Gasteiger partial charge on any atom is -0.377 e. The molecule has 1 aliphatic carbocycles. The van der Waals surface area contributed by atoms with E-state index in [1.54, 1.807) is 0 Å². The Bertz CT molecular complexity index is 195. The van der Waals surface area contributed by atoms with Gasteiger partial charge in [-0.15, -0.1) is 6.58 Å². The zero-order chi connectivity index (χ0) is 10.4. The number of rotatable bonds is 5. The first kappa shape index (κ1) is 11.5. The van der Waals surface area contributed by atoms with E-state index in [1.165, 1.54) is 12.8 Å². The Labute approximate surface area is 87.8 Å². The standard InChI is InChI=1S/C13H22O/c1-4-6-9-14-13-10-11(3)7-8-12(13)5-2/h5,7-8,11-13H,2,4,6,9-10H2,1,3H3. The fourth-order valence-corrected chi connectivity index (χ4v) is 1.83. The van der Waals surface area contributed by atoms with Crippen molar-refractivity contribution in [2.24, 2.45) is 11.8 Å². The van der Waals surface area contributed by atoms with Crippen molar-refractivity contribution in [2.45, 2.75) is 39.2 Å². The molecule has 0 spiro atoms. The maximum absolute atomic E-state index is 5.87. The molecule has 0 aromatic carbocycles. The lowest BCUT2D eigenvalue weighted by Gasteiger charge is -2.28. The molecule has 1 rings (SSSR count). The van der Waals surface area contributed by atoms with Crippen LogP contribution in [0.2, 0.25) is 0 Å². The van der Waals surface area contributed by atoms with Crippen LogP contribution in [0.4, 0.5) is 0 Å². The Hall–Kier alpha value is -0.560. The summed E-state index contributed by atoms with van der Waals surface area (Å²) in [6.45, 7) is 9.19. The number of hydrogen-bond acceptors (Lipinski definition) is 1. The van der Waals surface area contributed by atoms with Crippen LogP contribution in [0, 0.1) is 11.8 Å². The number of ether oxygens (including phenoxy) is 1. The van der Waals surface area contributed by atoms with E-state index in [-0.39, 0.29) is 0 Å². The SMILES string of the molecule is C=CC1C=CC(C)CC1OCCCC. The van der Waals surface area contributed by atoms with Crippen LogP contribution in [0.25, 0.3) is 0 Å². The summed E-state index contributed by atoms with van der Waals surface area (Å²) in [5.41, 5.74) is 0. The molecule has 80 valence electrons. The molecule has 1 aliphatic rings. The van der Waals surface area contributed by atoms with Gasteiger partial charge in [-0.05, 0) is 18.8 Å². The molecule has 0 amide bonds. The highest BCUT2D eigenvalue weighted by Gasteiger charge is 2.22. The summed E-state index contributed by atoms with van der Waals surface area (Å²) < 4.78 is 5.87. The van der Waals surface area contributed by atoms with Crippen molar-refractivity contribution in [1.82, 2.24) is 0 Å². The summed E-state index contributed by atoms with van der Waals surface area (Å²) >= 11 is 0. The second-order valence-electron chi connectivity index (χ2n) is 4.17. The first-order valence-electron chi connectivity index (χ1n) is 5.70. The summed E-state index contributed by atoms with van der Waals surface area (Å²) in [4.78, 5) is 0. The van der Waals surface area contributed by atoms with Crippen molar-refractivity contribution in [3.8, 4) is 0 Å². The molecular weight excluding hydrogens is 172 g/mol. The van der Waals surface area contributed by atoms with E-state index in [1.807, 2.05) is 6.08 Å². The fraction of sp³-hybridized carbons (Fsp3) is 0.692. The maximum atomic E-state index is 5.87. The minimum atomic E-state index is 0.360. The molecule has 0 aliphatic heterocycles. The molecule has 0 heterocycles. The van der Waals surface area contributed by atoms with Gasteiger partial charge >= 0.3 is 0 Å². The first-order chi connectivity index (χ1) is 6.77. The van der Waals surface area contributed by atoms with Gasteiger partial charge < -0.3 is 4.74 Å². The lowest BCUT2D eigenvalue weighted by Crippen LogP contribution is -2.27. The largest absolute Gasteiger partial charge is 0.377 e. The van der Waals surface area contributed by atoms with Crippen molar-refractivity contribution in [3.63, 3.8) is 0 Å². The summed E-state index contributed by atoms with van der Waals surface area (Å²) in [6, 6.07) is 0. The molecule has 0 aromatic rings. The van der Waals surface area contributed by atoms with Crippen LogP contribution in [0.15, 0.2) is 24.8 Å². The summed E-state index contributed by atoms with van der Waals surface area (Å²) in [5.74, 6) is 1.07. The van der Waals surface area contributed by atoms with Gasteiger partial charge in [-0.3, -0.25) is 0 Å². The van der Waals surface area contributed by atoms with E-state index in [2.05, 4.69) is 32.6 Å². The highest BCUT2D eigenvalue weighted by atomic mass is 16.5. The van der Waals surface area contributed by atoms with E-state index in [0.29, 0.717) is 17.9 Å². The van der Waals surface area contributed by atoms with Crippen LogP contribution in [-0.4, -0.2) is 12.7 Å². The topological polar surface area (TPSA) is 9.23 Å². The van der Waals surface area contributed by atoms with Gasteiger partial charge in [0.25, 0.3) is 0 Å². The van der Waals surface area contributed by atoms with E-state index in [4.69, 9.17) is 4.74 Å². The second-order valence-corrected chi connectivity index (χ2v) is 4.17. The molecule has 0 radical (unpaired) electrons. The van der Waals surface area contributed by atoms with Crippen molar-refractivity contribution >= 4 is 0 Å². The summed E-state index contributed by atoms with van der Waals surface area (Å²) in [6.07, 6.45) is 10.4. The molecule has 14 heavy (non-hydrogen) atoms. The molecule has 0 aromatic heterocycles. The lowest BCUT2D eigenvalue weighted by atomic mass is 9.87. The van der Waals surface area contributed by atoms with Gasteiger partial charge in [0, 0.05) is 12.5 Å². The Morgan fingerprint density at radius 1 is 1.50 bits per heavy atom. The van der Waals surface area contributed by atoms with Gasteiger partial charge in [-0.25, -0.2) is 0 Å². The second kappa shape index (κ2) is 6.02. The molecular formula is C13H22O. The van der Waals surface area contributed by atoms with E-state index >= 15 is 0 Å². The van der Waals surface area contributed by atoms with Gasteiger partial charge in [0.2, 0.25) is 0 Å². The monoisotopic (exact) mass is 194 g/mol. The number of allylic oxidation sites excluding steroid dienone is 1. The van der Waals surface area contributed by atoms with Crippen molar-refractivity contribution in [2.75, 3.05) is 6.61 Å². The average Bonchev–Trinajstić information content (AvgIpc) is 2.19. The van der Waals surface area contributed by atoms with Crippen molar-refractivity contribution < 1.29 is 4.74 Å². The lowest BCUT2D eigenvalue weighted by molar-refractivity contribution is 0.0195. The van der Waals surface area contributed by atoms with Crippen molar-refractivity contribution in [3.05, 3.63) is 24.8 Å². The molecule has 3 unspecified atom stereocenters. The molecule has 3 atom stereocenters. The third kappa shape index (κ3) is 3.30. The third-order valence-electron chi connectivity index (χ3n) is 2.80. The van der Waals surface area contributed by atoms with Crippen LogP contribution in [-0.2, 0) is 4.74 Å². The molecule has 0 saturated carbocycles. The third-order valence-corrected chi connectivity index (χ3v) is 2.80. The van der Waals surface area contributed by atoms with Crippen LogP contribution in [0.3, 0.4) is 0 Å². The van der Waals surface area contributed by atoms with E-state index in [0.717, 1.165) is 13.0 Å². The molecule has 1 heteroatoms. The van der Waals surface area contributed by atoms with Crippen molar-refractivity contribution in [1.29, 1.82) is 0 Å².